The molecular formula is C22H23F5N2O4. The molecule has 1 fully saturated rings. The van der Waals surface area contributed by atoms with E-state index in [0.717, 1.165) is 6.07 Å². The number of rotatable bonds is 9. The van der Waals surface area contributed by atoms with Crippen LogP contribution in [-0.4, -0.2) is 65.8 Å². The highest BCUT2D eigenvalue weighted by Gasteiger charge is 2.45. The lowest BCUT2D eigenvalue weighted by atomic mass is 9.86. The summed E-state index contributed by atoms with van der Waals surface area (Å²) in [5, 5.41) is 20.9. The van der Waals surface area contributed by atoms with Crippen molar-refractivity contribution in [1.82, 2.24) is 4.90 Å². The standard InChI is InChI=1S/C22H23F5N2O4/c1-14(21(32,12-30)17-4-2-3-5-18(17)23)28-10-11-29(20(28)31)15-6-8-16(9-7-15)33-13-22(26,27)19(24)25/h2-9,14,19,30,32H,10-13H2,1H3. The van der Waals surface area contributed by atoms with Crippen molar-refractivity contribution in [2.75, 3.05) is 31.2 Å². The molecule has 1 heterocycles. The summed E-state index contributed by atoms with van der Waals surface area (Å²) < 4.78 is 69.5. The number of nitrogens with zero attached hydrogens (tertiary/aromatic N) is 2. The topological polar surface area (TPSA) is 73.2 Å². The Hall–Kier alpha value is -2.92. The first-order valence-electron chi connectivity index (χ1n) is 10.1. The molecule has 0 saturated carbocycles. The number of urea groups is 1. The maximum absolute atomic E-state index is 14.3. The van der Waals surface area contributed by atoms with E-state index in [0.29, 0.717) is 5.69 Å². The zero-order valence-electron chi connectivity index (χ0n) is 17.6. The van der Waals surface area contributed by atoms with Gasteiger partial charge in [-0.1, -0.05) is 18.2 Å². The second-order valence-corrected chi connectivity index (χ2v) is 7.71. The van der Waals surface area contributed by atoms with Gasteiger partial charge in [0, 0.05) is 24.3 Å². The van der Waals surface area contributed by atoms with Gasteiger partial charge in [-0.3, -0.25) is 4.90 Å². The molecule has 1 aliphatic heterocycles. The normalized spacial score (nSPS) is 17.4. The van der Waals surface area contributed by atoms with Crippen molar-refractivity contribution in [2.24, 2.45) is 0 Å². The van der Waals surface area contributed by atoms with Gasteiger partial charge in [-0.15, -0.1) is 0 Å². The molecule has 2 amide bonds. The van der Waals surface area contributed by atoms with Gasteiger partial charge in [0.2, 0.25) is 0 Å². The van der Waals surface area contributed by atoms with Gasteiger partial charge in [0.25, 0.3) is 0 Å². The van der Waals surface area contributed by atoms with Crippen LogP contribution in [0, 0.1) is 5.82 Å². The minimum Gasteiger partial charge on any atom is -0.487 e. The molecular weight excluding hydrogens is 451 g/mol. The number of amides is 2. The Balaban J connectivity index is 1.72. The van der Waals surface area contributed by atoms with Crippen LogP contribution < -0.4 is 9.64 Å². The average Bonchev–Trinajstić information content (AvgIpc) is 3.18. The van der Waals surface area contributed by atoms with Crippen LogP contribution >= 0.6 is 0 Å². The zero-order chi connectivity index (χ0) is 24.4. The molecule has 2 aromatic carbocycles. The molecule has 2 aromatic rings. The van der Waals surface area contributed by atoms with Crippen molar-refractivity contribution < 1.29 is 41.7 Å². The van der Waals surface area contributed by atoms with Gasteiger partial charge < -0.3 is 19.8 Å². The second kappa shape index (κ2) is 9.52. The third kappa shape index (κ3) is 4.88. The molecule has 1 aliphatic rings. The molecule has 2 N–H and O–H groups in total. The highest BCUT2D eigenvalue weighted by atomic mass is 19.3. The fourth-order valence-corrected chi connectivity index (χ4v) is 3.63. The van der Waals surface area contributed by atoms with Crippen molar-refractivity contribution in [1.29, 1.82) is 0 Å². The summed E-state index contributed by atoms with van der Waals surface area (Å²) in [5.74, 6) is -5.09. The monoisotopic (exact) mass is 474 g/mol. The molecule has 2 unspecified atom stereocenters. The summed E-state index contributed by atoms with van der Waals surface area (Å²) in [6, 6.07) is 9.22. The van der Waals surface area contributed by atoms with Gasteiger partial charge in [0.1, 0.15) is 17.2 Å². The van der Waals surface area contributed by atoms with Gasteiger partial charge in [-0.25, -0.2) is 18.0 Å². The molecule has 2 atom stereocenters. The Kier molecular flexibility index (Phi) is 7.13. The van der Waals surface area contributed by atoms with Crippen LogP contribution in [0.5, 0.6) is 5.75 Å². The van der Waals surface area contributed by atoms with Crippen LogP contribution in [0.25, 0.3) is 0 Å². The Labute approximate surface area is 186 Å². The molecule has 33 heavy (non-hydrogen) atoms. The highest BCUT2D eigenvalue weighted by molar-refractivity contribution is 5.94. The van der Waals surface area contributed by atoms with E-state index in [1.807, 2.05) is 0 Å². The number of carbonyl (C=O) groups excluding carboxylic acids is 1. The summed E-state index contributed by atoms with van der Waals surface area (Å²) in [5.41, 5.74) is -1.82. The van der Waals surface area contributed by atoms with E-state index >= 15 is 0 Å². The molecule has 6 nitrogen and oxygen atoms in total. The number of aliphatic hydroxyl groups excluding tert-OH is 1. The number of hydrogen-bond acceptors (Lipinski definition) is 4. The number of halogens is 5. The lowest BCUT2D eigenvalue weighted by molar-refractivity contribution is -0.148. The van der Waals surface area contributed by atoms with Crippen molar-refractivity contribution in [3.05, 3.63) is 59.9 Å². The molecule has 0 radical (unpaired) electrons. The van der Waals surface area contributed by atoms with E-state index in [2.05, 4.69) is 0 Å². The number of alkyl halides is 4. The van der Waals surface area contributed by atoms with E-state index in [1.165, 1.54) is 59.2 Å². The second-order valence-electron chi connectivity index (χ2n) is 7.71. The first kappa shape index (κ1) is 24.7. The molecule has 1 saturated heterocycles. The number of ether oxygens (including phenoxy) is 1. The van der Waals surface area contributed by atoms with Crippen LogP contribution in [-0.2, 0) is 5.60 Å². The summed E-state index contributed by atoms with van der Waals surface area (Å²) in [4.78, 5) is 15.6. The summed E-state index contributed by atoms with van der Waals surface area (Å²) in [7, 11) is 0. The predicted octanol–water partition coefficient (Wildman–Crippen LogP) is 3.62. The molecule has 3 rings (SSSR count). The minimum absolute atomic E-state index is 0.0786. The Morgan fingerprint density at radius 2 is 1.73 bits per heavy atom. The van der Waals surface area contributed by atoms with Crippen LogP contribution in [0.4, 0.5) is 32.4 Å². The molecule has 0 aliphatic carbocycles. The van der Waals surface area contributed by atoms with Gasteiger partial charge in [-0.05, 0) is 37.3 Å². The lowest BCUT2D eigenvalue weighted by Crippen LogP contribution is -2.53. The van der Waals surface area contributed by atoms with Crippen LogP contribution in [0.15, 0.2) is 48.5 Å². The molecule has 0 aromatic heterocycles. The van der Waals surface area contributed by atoms with E-state index in [-0.39, 0.29) is 24.4 Å². The van der Waals surface area contributed by atoms with E-state index in [9.17, 15) is 37.0 Å². The number of hydrogen-bond donors (Lipinski definition) is 2. The summed E-state index contributed by atoms with van der Waals surface area (Å²) in [6.45, 7) is -0.465. The smallest absolute Gasteiger partial charge is 0.340 e. The predicted molar refractivity (Wildman–Crippen MR) is 109 cm³/mol. The van der Waals surface area contributed by atoms with Gasteiger partial charge in [-0.2, -0.15) is 8.78 Å². The Bertz CT molecular complexity index is 976. The number of carbonyl (C=O) groups is 1. The largest absolute Gasteiger partial charge is 0.487 e. The van der Waals surface area contributed by atoms with Gasteiger partial charge in [0.15, 0.2) is 6.61 Å². The Morgan fingerprint density at radius 1 is 1.09 bits per heavy atom. The maximum atomic E-state index is 14.3. The van der Waals surface area contributed by atoms with E-state index in [4.69, 9.17) is 4.74 Å². The number of benzene rings is 2. The van der Waals surface area contributed by atoms with Crippen LogP contribution in [0.3, 0.4) is 0 Å². The van der Waals surface area contributed by atoms with Crippen LogP contribution in [0.2, 0.25) is 0 Å². The SMILES string of the molecule is CC(N1CCN(c2ccc(OCC(F)(F)C(F)F)cc2)C1=O)C(O)(CO)c1ccccc1F. The first-order valence-corrected chi connectivity index (χ1v) is 10.1. The van der Waals surface area contributed by atoms with E-state index in [1.54, 1.807) is 0 Å². The van der Waals surface area contributed by atoms with Gasteiger partial charge in [0.05, 0.1) is 12.6 Å². The lowest BCUT2D eigenvalue weighted by Gasteiger charge is -2.38. The maximum Gasteiger partial charge on any atom is 0.340 e. The summed E-state index contributed by atoms with van der Waals surface area (Å²) >= 11 is 0. The fourth-order valence-electron chi connectivity index (χ4n) is 3.63. The summed E-state index contributed by atoms with van der Waals surface area (Å²) in [6.07, 6.45) is -3.85. The van der Waals surface area contributed by atoms with Gasteiger partial charge >= 0.3 is 18.4 Å². The first-order chi connectivity index (χ1) is 15.5. The molecule has 0 bridgehead atoms. The van der Waals surface area contributed by atoms with Crippen molar-refractivity contribution in [3.63, 3.8) is 0 Å². The van der Waals surface area contributed by atoms with Crippen LogP contribution in [0.1, 0.15) is 12.5 Å². The zero-order valence-corrected chi connectivity index (χ0v) is 17.6. The number of anilines is 1. The minimum atomic E-state index is -4.29. The third-order valence-corrected chi connectivity index (χ3v) is 5.68. The third-order valence-electron chi connectivity index (χ3n) is 5.68. The fraction of sp³-hybridized carbons (Fsp3) is 0.409. The average molecular weight is 474 g/mol. The van der Waals surface area contributed by atoms with Crippen molar-refractivity contribution in [3.8, 4) is 5.75 Å². The number of aliphatic hydroxyl groups is 2. The van der Waals surface area contributed by atoms with Crippen molar-refractivity contribution in [2.45, 2.75) is 30.9 Å². The molecule has 0 spiro atoms. The Morgan fingerprint density at radius 3 is 2.30 bits per heavy atom. The quantitative estimate of drug-likeness (QED) is 0.545. The highest BCUT2D eigenvalue weighted by Crippen LogP contribution is 2.33. The van der Waals surface area contributed by atoms with E-state index < -0.39 is 49.1 Å². The molecule has 11 heteroatoms. The van der Waals surface area contributed by atoms with Crippen molar-refractivity contribution >= 4 is 11.7 Å². The molecule has 180 valence electrons.